The standard InChI is InChI=1S/C10H8ClNO2S/c11-7-3-1-2-6(4-7)9-12-8(5-15-9)10(13)14/h1-4,8H,5H2,(H,13,14). The van der Waals surface area contributed by atoms with Gasteiger partial charge in [0.2, 0.25) is 0 Å². The monoisotopic (exact) mass is 241 g/mol. The first-order chi connectivity index (χ1) is 7.16. The van der Waals surface area contributed by atoms with Crippen molar-refractivity contribution >= 4 is 34.4 Å². The molecule has 2 rings (SSSR count). The molecule has 0 aromatic heterocycles. The van der Waals surface area contributed by atoms with E-state index in [0.717, 1.165) is 10.6 Å². The third-order valence-corrected chi connectivity index (χ3v) is 3.34. The summed E-state index contributed by atoms with van der Waals surface area (Å²) in [5, 5.41) is 10.2. The van der Waals surface area contributed by atoms with Gasteiger partial charge in [-0.1, -0.05) is 23.7 Å². The van der Waals surface area contributed by atoms with Gasteiger partial charge in [-0.3, -0.25) is 4.99 Å². The smallest absolute Gasteiger partial charge is 0.329 e. The minimum Gasteiger partial charge on any atom is -0.480 e. The van der Waals surface area contributed by atoms with Gasteiger partial charge in [-0.15, -0.1) is 11.8 Å². The Labute approximate surface area is 96.2 Å². The van der Waals surface area contributed by atoms with Crippen molar-refractivity contribution in [1.29, 1.82) is 0 Å². The number of carboxylic acid groups (broad SMARTS) is 1. The van der Waals surface area contributed by atoms with Crippen LogP contribution in [-0.2, 0) is 4.79 Å². The van der Waals surface area contributed by atoms with Crippen LogP contribution in [0, 0.1) is 0 Å². The van der Waals surface area contributed by atoms with Gasteiger partial charge < -0.3 is 5.11 Å². The predicted octanol–water partition coefficient (Wildman–Crippen LogP) is 2.29. The van der Waals surface area contributed by atoms with Crippen molar-refractivity contribution in [3.8, 4) is 0 Å². The van der Waals surface area contributed by atoms with E-state index in [1.165, 1.54) is 11.8 Å². The van der Waals surface area contributed by atoms with E-state index in [1.54, 1.807) is 12.1 Å². The van der Waals surface area contributed by atoms with Crippen molar-refractivity contribution in [3.63, 3.8) is 0 Å². The highest BCUT2D eigenvalue weighted by Gasteiger charge is 2.24. The molecule has 15 heavy (non-hydrogen) atoms. The summed E-state index contributed by atoms with van der Waals surface area (Å²) in [6, 6.07) is 6.65. The second-order valence-corrected chi connectivity index (χ2v) is 4.55. The molecular formula is C10H8ClNO2S. The Kier molecular flexibility index (Phi) is 2.98. The number of rotatable bonds is 2. The van der Waals surface area contributed by atoms with E-state index in [9.17, 15) is 4.79 Å². The van der Waals surface area contributed by atoms with Gasteiger partial charge in [0.15, 0.2) is 6.04 Å². The van der Waals surface area contributed by atoms with Crippen molar-refractivity contribution in [3.05, 3.63) is 34.9 Å². The molecule has 0 bridgehead atoms. The van der Waals surface area contributed by atoms with Gasteiger partial charge in [-0.2, -0.15) is 0 Å². The van der Waals surface area contributed by atoms with E-state index in [-0.39, 0.29) is 0 Å². The first kappa shape index (κ1) is 10.5. The summed E-state index contributed by atoms with van der Waals surface area (Å²) in [6.45, 7) is 0. The molecule has 3 nitrogen and oxygen atoms in total. The molecule has 1 heterocycles. The summed E-state index contributed by atoms with van der Waals surface area (Å²) in [5.74, 6) is -0.378. The highest BCUT2D eigenvalue weighted by molar-refractivity contribution is 8.14. The summed E-state index contributed by atoms with van der Waals surface area (Å²) in [4.78, 5) is 14.8. The van der Waals surface area contributed by atoms with Gasteiger partial charge in [-0.05, 0) is 12.1 Å². The molecule has 0 radical (unpaired) electrons. The van der Waals surface area contributed by atoms with E-state index in [2.05, 4.69) is 4.99 Å². The number of hydrogen-bond donors (Lipinski definition) is 1. The van der Waals surface area contributed by atoms with Crippen LogP contribution >= 0.6 is 23.4 Å². The maximum absolute atomic E-state index is 10.7. The lowest BCUT2D eigenvalue weighted by Crippen LogP contribution is -2.17. The number of halogens is 1. The SMILES string of the molecule is O=C(O)C1CSC(c2cccc(Cl)c2)=N1. The fourth-order valence-electron chi connectivity index (χ4n) is 1.28. The van der Waals surface area contributed by atoms with Crippen LogP contribution in [0.2, 0.25) is 5.02 Å². The molecule has 0 fully saturated rings. The van der Waals surface area contributed by atoms with Gasteiger partial charge in [-0.25, -0.2) is 4.79 Å². The molecule has 5 heteroatoms. The molecule has 0 saturated heterocycles. The minimum atomic E-state index is -0.875. The molecule has 1 aromatic carbocycles. The van der Waals surface area contributed by atoms with Gasteiger partial charge in [0, 0.05) is 16.3 Å². The molecule has 1 aromatic rings. The highest BCUT2D eigenvalue weighted by Crippen LogP contribution is 2.24. The number of aliphatic imine (C=N–C) groups is 1. The number of thioether (sulfide) groups is 1. The Hall–Kier alpha value is -1.00. The van der Waals surface area contributed by atoms with Crippen LogP contribution in [0.3, 0.4) is 0 Å². The summed E-state index contributed by atoms with van der Waals surface area (Å²) >= 11 is 7.29. The van der Waals surface area contributed by atoms with Crippen molar-refractivity contribution in [2.24, 2.45) is 4.99 Å². The van der Waals surface area contributed by atoms with Crippen LogP contribution in [-0.4, -0.2) is 27.9 Å². The van der Waals surface area contributed by atoms with Crippen molar-refractivity contribution < 1.29 is 9.90 Å². The zero-order valence-electron chi connectivity index (χ0n) is 7.68. The number of hydrogen-bond acceptors (Lipinski definition) is 3. The molecule has 0 saturated carbocycles. The minimum absolute atomic E-state index is 0.497. The topological polar surface area (TPSA) is 49.7 Å². The lowest BCUT2D eigenvalue weighted by atomic mass is 10.2. The maximum Gasteiger partial charge on any atom is 0.329 e. The highest BCUT2D eigenvalue weighted by atomic mass is 35.5. The number of carbonyl (C=O) groups is 1. The predicted molar refractivity (Wildman–Crippen MR) is 61.9 cm³/mol. The van der Waals surface area contributed by atoms with E-state index < -0.39 is 12.0 Å². The first-order valence-electron chi connectivity index (χ1n) is 4.36. The molecule has 1 aliphatic rings. The van der Waals surface area contributed by atoms with Crippen LogP contribution < -0.4 is 0 Å². The third-order valence-electron chi connectivity index (χ3n) is 2.01. The van der Waals surface area contributed by atoms with Crippen LogP contribution in [0.15, 0.2) is 29.3 Å². The lowest BCUT2D eigenvalue weighted by Gasteiger charge is -1.98. The average molecular weight is 242 g/mol. The quantitative estimate of drug-likeness (QED) is 0.864. The van der Waals surface area contributed by atoms with Gasteiger partial charge >= 0.3 is 5.97 Å². The summed E-state index contributed by atoms with van der Waals surface area (Å²) in [5.41, 5.74) is 0.885. The van der Waals surface area contributed by atoms with Crippen LogP contribution in [0.4, 0.5) is 0 Å². The van der Waals surface area contributed by atoms with E-state index >= 15 is 0 Å². The van der Waals surface area contributed by atoms with Crippen molar-refractivity contribution in [2.45, 2.75) is 6.04 Å². The lowest BCUT2D eigenvalue weighted by molar-refractivity contribution is -0.137. The fourth-order valence-corrected chi connectivity index (χ4v) is 2.50. The zero-order chi connectivity index (χ0) is 10.8. The molecule has 78 valence electrons. The summed E-state index contributed by atoms with van der Waals surface area (Å²) in [7, 11) is 0. The second-order valence-electron chi connectivity index (χ2n) is 3.11. The summed E-state index contributed by atoms with van der Waals surface area (Å²) in [6.07, 6.45) is 0. The third kappa shape index (κ3) is 2.33. The normalized spacial score (nSPS) is 20.1. The average Bonchev–Trinajstić information content (AvgIpc) is 2.66. The number of carboxylic acids is 1. The van der Waals surface area contributed by atoms with Gasteiger partial charge in [0.25, 0.3) is 0 Å². The molecule has 1 N–H and O–H groups in total. The Morgan fingerprint density at radius 3 is 3.00 bits per heavy atom. The molecular weight excluding hydrogens is 234 g/mol. The van der Waals surface area contributed by atoms with Gasteiger partial charge in [0.1, 0.15) is 0 Å². The second kappa shape index (κ2) is 4.24. The Morgan fingerprint density at radius 2 is 2.40 bits per heavy atom. The van der Waals surface area contributed by atoms with E-state index in [1.807, 2.05) is 12.1 Å². The molecule has 0 aliphatic carbocycles. The van der Waals surface area contributed by atoms with Crippen molar-refractivity contribution in [1.82, 2.24) is 0 Å². The van der Waals surface area contributed by atoms with E-state index in [0.29, 0.717) is 10.8 Å². The zero-order valence-corrected chi connectivity index (χ0v) is 9.26. The Bertz CT molecular complexity index is 433. The molecule has 0 amide bonds. The first-order valence-corrected chi connectivity index (χ1v) is 5.72. The maximum atomic E-state index is 10.7. The number of nitrogens with zero attached hydrogens (tertiary/aromatic N) is 1. The van der Waals surface area contributed by atoms with Crippen molar-refractivity contribution in [2.75, 3.05) is 5.75 Å². The van der Waals surface area contributed by atoms with Crippen LogP contribution in [0.25, 0.3) is 0 Å². The molecule has 1 atom stereocenters. The Morgan fingerprint density at radius 1 is 1.60 bits per heavy atom. The molecule has 0 spiro atoms. The van der Waals surface area contributed by atoms with Gasteiger partial charge in [0.05, 0.1) is 5.04 Å². The molecule has 1 aliphatic heterocycles. The number of aliphatic carboxylic acids is 1. The fraction of sp³-hybridized carbons (Fsp3) is 0.200. The number of benzene rings is 1. The van der Waals surface area contributed by atoms with Crippen LogP contribution in [0.1, 0.15) is 5.56 Å². The van der Waals surface area contributed by atoms with Crippen LogP contribution in [0.5, 0.6) is 0 Å². The molecule has 1 unspecified atom stereocenters. The van der Waals surface area contributed by atoms with E-state index in [4.69, 9.17) is 16.7 Å². The largest absolute Gasteiger partial charge is 0.480 e. The Balaban J connectivity index is 2.26. The summed E-state index contributed by atoms with van der Waals surface area (Å²) < 4.78 is 0.